The van der Waals surface area contributed by atoms with Crippen molar-refractivity contribution in [2.24, 2.45) is 7.05 Å². The molecule has 18 heavy (non-hydrogen) atoms. The summed E-state index contributed by atoms with van der Waals surface area (Å²) >= 11 is 6.65. The van der Waals surface area contributed by atoms with Gasteiger partial charge in [-0.15, -0.1) is 5.10 Å². The molecule has 1 aromatic heterocycles. The first-order valence-electron chi connectivity index (χ1n) is 5.11. The molecule has 1 N–H and O–H groups in total. The third kappa shape index (κ3) is 2.43. The Morgan fingerprint density at radius 2 is 2.11 bits per heavy atom. The van der Waals surface area contributed by atoms with Gasteiger partial charge in [-0.2, -0.15) is 0 Å². The highest BCUT2D eigenvalue weighted by molar-refractivity contribution is 9.10. The van der Waals surface area contributed by atoms with Gasteiger partial charge < -0.3 is 9.84 Å². The van der Waals surface area contributed by atoms with Crippen molar-refractivity contribution in [3.8, 4) is 5.75 Å². The molecule has 0 amide bonds. The highest BCUT2D eigenvalue weighted by Gasteiger charge is 2.22. The maximum atomic E-state index is 10.4. The Labute approximate surface area is 121 Å². The van der Waals surface area contributed by atoms with Crippen LogP contribution in [0.15, 0.2) is 27.3 Å². The summed E-state index contributed by atoms with van der Waals surface area (Å²) in [4.78, 5) is 0. The van der Waals surface area contributed by atoms with Crippen LogP contribution < -0.4 is 4.74 Å². The van der Waals surface area contributed by atoms with E-state index in [1.54, 1.807) is 20.2 Å². The largest absolute Gasteiger partial charge is 0.496 e. The van der Waals surface area contributed by atoms with Gasteiger partial charge in [0.25, 0.3) is 0 Å². The molecule has 1 atom stereocenters. The number of hydrogen-bond donors (Lipinski definition) is 1. The lowest BCUT2D eigenvalue weighted by atomic mass is 10.1. The Morgan fingerprint density at radius 1 is 1.39 bits per heavy atom. The van der Waals surface area contributed by atoms with Crippen molar-refractivity contribution in [3.63, 3.8) is 0 Å². The number of nitrogens with zero attached hydrogens (tertiary/aromatic N) is 3. The van der Waals surface area contributed by atoms with E-state index in [-0.39, 0.29) is 0 Å². The zero-order valence-corrected chi connectivity index (χ0v) is 12.9. The summed E-state index contributed by atoms with van der Waals surface area (Å²) in [6.45, 7) is 0. The van der Waals surface area contributed by atoms with Gasteiger partial charge in [0.1, 0.15) is 17.5 Å². The van der Waals surface area contributed by atoms with Gasteiger partial charge in [-0.05, 0) is 34.1 Å². The Morgan fingerprint density at radius 3 is 2.67 bits per heavy atom. The molecule has 0 fully saturated rings. The van der Waals surface area contributed by atoms with Crippen LogP contribution in [-0.4, -0.2) is 27.2 Å². The fraction of sp³-hybridized carbons (Fsp3) is 0.273. The molecule has 2 aromatic rings. The van der Waals surface area contributed by atoms with E-state index >= 15 is 0 Å². The van der Waals surface area contributed by atoms with Crippen molar-refractivity contribution in [1.82, 2.24) is 15.0 Å². The number of hydrogen-bond acceptors (Lipinski definition) is 4. The van der Waals surface area contributed by atoms with Gasteiger partial charge in [0, 0.05) is 17.1 Å². The van der Waals surface area contributed by atoms with Crippen molar-refractivity contribution in [2.45, 2.75) is 6.10 Å². The van der Waals surface area contributed by atoms with Gasteiger partial charge in [-0.25, -0.2) is 4.68 Å². The van der Waals surface area contributed by atoms with E-state index in [2.05, 4.69) is 42.2 Å². The number of aromatic nitrogens is 3. The molecule has 96 valence electrons. The molecule has 1 aromatic carbocycles. The predicted molar refractivity (Wildman–Crippen MR) is 73.5 cm³/mol. The molecule has 2 rings (SSSR count). The van der Waals surface area contributed by atoms with Crippen LogP contribution in [0.1, 0.15) is 17.4 Å². The lowest BCUT2D eigenvalue weighted by Crippen LogP contribution is -2.08. The molecule has 5 nitrogen and oxygen atoms in total. The zero-order valence-electron chi connectivity index (χ0n) is 9.76. The van der Waals surface area contributed by atoms with Gasteiger partial charge in [0.15, 0.2) is 4.60 Å². The molecular weight excluding hydrogens is 366 g/mol. The summed E-state index contributed by atoms with van der Waals surface area (Å²) in [5, 5.41) is 18.2. The first-order valence-corrected chi connectivity index (χ1v) is 6.69. The molecule has 0 radical (unpaired) electrons. The van der Waals surface area contributed by atoms with Gasteiger partial charge in [-0.3, -0.25) is 0 Å². The topological polar surface area (TPSA) is 60.2 Å². The highest BCUT2D eigenvalue weighted by atomic mass is 79.9. The van der Waals surface area contributed by atoms with Crippen molar-refractivity contribution >= 4 is 31.9 Å². The maximum absolute atomic E-state index is 10.4. The number of aliphatic hydroxyl groups is 1. The lowest BCUT2D eigenvalue weighted by Gasteiger charge is -2.15. The van der Waals surface area contributed by atoms with Crippen molar-refractivity contribution < 1.29 is 9.84 Å². The lowest BCUT2D eigenvalue weighted by molar-refractivity contribution is 0.203. The van der Waals surface area contributed by atoms with E-state index < -0.39 is 6.10 Å². The van der Waals surface area contributed by atoms with E-state index in [0.717, 1.165) is 4.47 Å². The molecule has 7 heteroatoms. The van der Waals surface area contributed by atoms with Gasteiger partial charge in [0.05, 0.1) is 7.11 Å². The minimum absolute atomic E-state index is 0.513. The molecule has 0 saturated carbocycles. The number of ether oxygens (including phenoxy) is 1. The second-order valence-corrected chi connectivity index (χ2v) is 5.34. The average molecular weight is 377 g/mol. The summed E-state index contributed by atoms with van der Waals surface area (Å²) in [5.74, 6) is 0.610. The number of aliphatic hydroxyl groups excluding tert-OH is 1. The molecule has 0 aliphatic rings. The number of halogens is 2. The third-order valence-corrected chi connectivity index (χ3v) is 3.63. The first kappa shape index (κ1) is 13.5. The molecule has 0 saturated heterocycles. The molecule has 0 aliphatic heterocycles. The van der Waals surface area contributed by atoms with Crippen LogP contribution in [0.5, 0.6) is 5.75 Å². The molecule has 0 spiro atoms. The summed E-state index contributed by atoms with van der Waals surface area (Å²) in [6, 6.07) is 5.45. The fourth-order valence-corrected chi connectivity index (χ4v) is 2.62. The van der Waals surface area contributed by atoms with Crippen molar-refractivity contribution in [3.05, 3.63) is 38.5 Å². The molecule has 1 unspecified atom stereocenters. The fourth-order valence-electron chi connectivity index (χ4n) is 1.70. The Bertz CT molecular complexity index is 552. The number of benzene rings is 1. The van der Waals surface area contributed by atoms with Crippen LogP contribution in [0.25, 0.3) is 0 Å². The number of aryl methyl sites for hydroxylation is 1. The van der Waals surface area contributed by atoms with E-state index in [1.807, 2.05) is 12.1 Å². The van der Waals surface area contributed by atoms with Crippen LogP contribution in [0, 0.1) is 0 Å². The SMILES string of the molecule is COc1ccc(Br)cc1C(O)c1c(Br)nnn1C. The Hall–Kier alpha value is -0.920. The van der Waals surface area contributed by atoms with E-state index in [4.69, 9.17) is 4.74 Å². The van der Waals surface area contributed by atoms with Crippen LogP contribution in [0.2, 0.25) is 0 Å². The quantitative estimate of drug-likeness (QED) is 0.893. The second-order valence-electron chi connectivity index (χ2n) is 3.68. The van der Waals surface area contributed by atoms with Crippen LogP contribution in [0.4, 0.5) is 0 Å². The number of methoxy groups -OCH3 is 1. The predicted octanol–water partition coefficient (Wildman–Crippen LogP) is 2.43. The van der Waals surface area contributed by atoms with Gasteiger partial charge in [0.2, 0.25) is 0 Å². The number of rotatable bonds is 3. The van der Waals surface area contributed by atoms with E-state index in [0.29, 0.717) is 21.6 Å². The Kier molecular flexibility index (Phi) is 4.04. The van der Waals surface area contributed by atoms with Gasteiger partial charge in [-0.1, -0.05) is 21.1 Å². The van der Waals surface area contributed by atoms with Gasteiger partial charge >= 0.3 is 0 Å². The first-order chi connectivity index (χ1) is 8.54. The standard InChI is InChI=1S/C11H11Br2N3O2/c1-16-9(11(13)14-15-16)10(17)7-5-6(12)3-4-8(7)18-2/h3-5,10,17H,1-2H3. The minimum Gasteiger partial charge on any atom is -0.496 e. The minimum atomic E-state index is -0.869. The summed E-state index contributed by atoms with van der Waals surface area (Å²) < 4.78 is 8.15. The summed E-state index contributed by atoms with van der Waals surface area (Å²) in [5.41, 5.74) is 1.23. The second kappa shape index (κ2) is 5.38. The van der Waals surface area contributed by atoms with Crippen molar-refractivity contribution in [2.75, 3.05) is 7.11 Å². The van der Waals surface area contributed by atoms with Crippen molar-refractivity contribution in [1.29, 1.82) is 0 Å². The zero-order chi connectivity index (χ0) is 13.3. The molecule has 1 heterocycles. The molecule has 0 aliphatic carbocycles. The molecular formula is C11H11Br2N3O2. The van der Waals surface area contributed by atoms with Crippen LogP contribution in [-0.2, 0) is 7.05 Å². The Balaban J connectivity index is 2.51. The summed E-state index contributed by atoms with van der Waals surface area (Å²) in [6.07, 6.45) is -0.869. The van der Waals surface area contributed by atoms with E-state index in [1.165, 1.54) is 4.68 Å². The monoisotopic (exact) mass is 375 g/mol. The average Bonchev–Trinajstić information content (AvgIpc) is 2.68. The molecule has 0 bridgehead atoms. The highest BCUT2D eigenvalue weighted by Crippen LogP contribution is 2.34. The smallest absolute Gasteiger partial charge is 0.154 e. The normalized spacial score (nSPS) is 12.5. The summed E-state index contributed by atoms with van der Waals surface area (Å²) in [7, 11) is 3.29. The van der Waals surface area contributed by atoms with Crippen LogP contribution in [0.3, 0.4) is 0 Å². The van der Waals surface area contributed by atoms with E-state index in [9.17, 15) is 5.11 Å². The third-order valence-electron chi connectivity index (χ3n) is 2.57. The maximum Gasteiger partial charge on any atom is 0.154 e. The van der Waals surface area contributed by atoms with Crippen LogP contribution >= 0.6 is 31.9 Å².